The molecule has 1 aliphatic heterocycles. The lowest BCUT2D eigenvalue weighted by Gasteiger charge is -2.53. The molecule has 1 saturated heterocycles. The van der Waals surface area contributed by atoms with Gasteiger partial charge in [0.25, 0.3) is 0 Å². The zero-order valence-corrected chi connectivity index (χ0v) is 14.2. The van der Waals surface area contributed by atoms with Gasteiger partial charge in [0.05, 0.1) is 5.75 Å². The molecule has 5 heteroatoms. The Morgan fingerprint density at radius 3 is 2.45 bits per heavy atom. The quantitative estimate of drug-likeness (QED) is 0.811. The Kier molecular flexibility index (Phi) is 4.53. The van der Waals surface area contributed by atoms with Gasteiger partial charge in [-0.3, -0.25) is 4.90 Å². The molecule has 0 bridgehead atoms. The fraction of sp³-hybridized carbons (Fsp3) is 1.00. The van der Waals surface area contributed by atoms with Gasteiger partial charge in [-0.2, -0.15) is 0 Å². The van der Waals surface area contributed by atoms with Gasteiger partial charge < -0.3 is 5.32 Å². The number of nitrogens with one attached hydrogen (secondary N) is 1. The third-order valence-electron chi connectivity index (χ3n) is 5.32. The van der Waals surface area contributed by atoms with E-state index in [0.29, 0.717) is 5.75 Å². The fourth-order valence-corrected chi connectivity index (χ4v) is 4.01. The van der Waals surface area contributed by atoms with E-state index in [4.69, 9.17) is 0 Å². The highest BCUT2D eigenvalue weighted by Crippen LogP contribution is 2.45. The Morgan fingerprint density at radius 1 is 1.30 bits per heavy atom. The molecule has 1 saturated carbocycles. The van der Waals surface area contributed by atoms with E-state index < -0.39 is 9.84 Å². The van der Waals surface area contributed by atoms with Gasteiger partial charge in [-0.25, -0.2) is 8.42 Å². The molecule has 0 amide bonds. The molecular formula is C15H30N2O2S. The van der Waals surface area contributed by atoms with Crippen LogP contribution < -0.4 is 5.32 Å². The normalized spacial score (nSPS) is 36.2. The average molecular weight is 302 g/mol. The van der Waals surface area contributed by atoms with Crippen LogP contribution in [-0.4, -0.2) is 56.0 Å². The van der Waals surface area contributed by atoms with Gasteiger partial charge in [0.2, 0.25) is 0 Å². The SMILES string of the molecule is CCC1(C)CN(CCCS(C)(=O)=O)C(C)(C2CC2)CN1. The third-order valence-corrected chi connectivity index (χ3v) is 6.35. The van der Waals surface area contributed by atoms with Gasteiger partial charge in [0, 0.05) is 30.4 Å². The van der Waals surface area contributed by atoms with Crippen molar-refractivity contribution < 1.29 is 8.42 Å². The van der Waals surface area contributed by atoms with E-state index in [0.717, 1.165) is 38.4 Å². The molecule has 1 heterocycles. The highest BCUT2D eigenvalue weighted by Gasteiger charge is 2.50. The van der Waals surface area contributed by atoms with Crippen LogP contribution >= 0.6 is 0 Å². The van der Waals surface area contributed by atoms with Crippen LogP contribution in [0.5, 0.6) is 0 Å². The second-order valence-electron chi connectivity index (χ2n) is 7.30. The first-order chi connectivity index (χ1) is 9.19. The highest BCUT2D eigenvalue weighted by atomic mass is 32.2. The van der Waals surface area contributed by atoms with Gasteiger partial charge in [0.15, 0.2) is 0 Å². The molecule has 118 valence electrons. The summed E-state index contributed by atoms with van der Waals surface area (Å²) in [5, 5.41) is 3.73. The molecule has 1 aliphatic carbocycles. The maximum absolute atomic E-state index is 11.3. The lowest BCUT2D eigenvalue weighted by molar-refractivity contribution is 0.00549. The van der Waals surface area contributed by atoms with E-state index in [1.165, 1.54) is 19.1 Å². The third kappa shape index (κ3) is 3.74. The summed E-state index contributed by atoms with van der Waals surface area (Å²) in [4.78, 5) is 2.57. The van der Waals surface area contributed by atoms with Crippen molar-refractivity contribution in [3.8, 4) is 0 Å². The van der Waals surface area contributed by atoms with Gasteiger partial charge in [-0.05, 0) is 52.0 Å². The molecule has 2 fully saturated rings. The second kappa shape index (κ2) is 5.58. The van der Waals surface area contributed by atoms with E-state index in [1.807, 2.05) is 0 Å². The van der Waals surface area contributed by atoms with Gasteiger partial charge in [-0.1, -0.05) is 6.92 Å². The summed E-state index contributed by atoms with van der Waals surface area (Å²) >= 11 is 0. The number of hydrogen-bond acceptors (Lipinski definition) is 4. The first-order valence-corrected chi connectivity index (χ1v) is 9.92. The maximum atomic E-state index is 11.3. The maximum Gasteiger partial charge on any atom is 0.147 e. The molecule has 0 aromatic rings. The van der Waals surface area contributed by atoms with Crippen LogP contribution in [0.2, 0.25) is 0 Å². The first-order valence-electron chi connectivity index (χ1n) is 7.86. The number of hydrogen-bond donors (Lipinski definition) is 1. The number of piperazine rings is 1. The highest BCUT2D eigenvalue weighted by molar-refractivity contribution is 7.90. The monoisotopic (exact) mass is 302 g/mol. The summed E-state index contributed by atoms with van der Waals surface area (Å²) in [5.41, 5.74) is 0.381. The van der Waals surface area contributed by atoms with E-state index in [9.17, 15) is 8.42 Å². The van der Waals surface area contributed by atoms with Crippen LogP contribution in [-0.2, 0) is 9.84 Å². The van der Waals surface area contributed by atoms with Crippen LogP contribution in [0.4, 0.5) is 0 Å². The van der Waals surface area contributed by atoms with Crippen molar-refractivity contribution in [2.75, 3.05) is 31.6 Å². The zero-order valence-electron chi connectivity index (χ0n) is 13.4. The molecule has 20 heavy (non-hydrogen) atoms. The lowest BCUT2D eigenvalue weighted by atomic mass is 9.84. The molecule has 0 aromatic carbocycles. The molecular weight excluding hydrogens is 272 g/mol. The van der Waals surface area contributed by atoms with Gasteiger partial charge >= 0.3 is 0 Å². The first kappa shape index (κ1) is 16.2. The second-order valence-corrected chi connectivity index (χ2v) is 9.56. The van der Waals surface area contributed by atoms with E-state index in [1.54, 1.807) is 0 Å². The Morgan fingerprint density at radius 2 is 1.95 bits per heavy atom. The number of nitrogens with zero attached hydrogens (tertiary/aromatic N) is 1. The van der Waals surface area contributed by atoms with Gasteiger partial charge in [0.1, 0.15) is 9.84 Å². The summed E-state index contributed by atoms with van der Waals surface area (Å²) in [7, 11) is -2.84. The van der Waals surface area contributed by atoms with E-state index in [-0.39, 0.29) is 11.1 Å². The van der Waals surface area contributed by atoms with Crippen molar-refractivity contribution in [3.63, 3.8) is 0 Å². The Labute approximate surface area is 124 Å². The van der Waals surface area contributed by atoms with Crippen molar-refractivity contribution in [3.05, 3.63) is 0 Å². The van der Waals surface area contributed by atoms with Crippen molar-refractivity contribution in [2.45, 2.75) is 57.5 Å². The molecule has 2 unspecified atom stereocenters. The summed E-state index contributed by atoms with van der Waals surface area (Å²) in [6, 6.07) is 0. The molecule has 0 spiro atoms. The predicted octanol–water partition coefficient (Wildman–Crippen LogP) is 1.66. The van der Waals surface area contributed by atoms with Crippen LogP contribution in [0.15, 0.2) is 0 Å². The minimum atomic E-state index is -2.84. The Balaban J connectivity index is 2.02. The summed E-state index contributed by atoms with van der Waals surface area (Å²) in [5.74, 6) is 1.09. The summed E-state index contributed by atoms with van der Waals surface area (Å²) in [6.45, 7) is 9.82. The molecule has 4 nitrogen and oxygen atoms in total. The van der Waals surface area contributed by atoms with E-state index in [2.05, 4.69) is 31.0 Å². The summed E-state index contributed by atoms with van der Waals surface area (Å²) < 4.78 is 22.7. The Hall–Kier alpha value is -0.130. The number of sulfone groups is 1. The van der Waals surface area contributed by atoms with Crippen molar-refractivity contribution in [1.82, 2.24) is 10.2 Å². The van der Waals surface area contributed by atoms with Crippen LogP contribution in [0.25, 0.3) is 0 Å². The molecule has 0 radical (unpaired) electrons. The largest absolute Gasteiger partial charge is 0.308 e. The minimum Gasteiger partial charge on any atom is -0.308 e. The smallest absolute Gasteiger partial charge is 0.147 e. The molecule has 2 atom stereocenters. The van der Waals surface area contributed by atoms with Gasteiger partial charge in [-0.15, -0.1) is 0 Å². The number of rotatable bonds is 6. The molecule has 2 rings (SSSR count). The standard InChI is InChI=1S/C15H30N2O2S/c1-5-14(2)12-17(9-6-10-20(4,18)19)15(3,11-16-14)13-7-8-13/h13,16H,5-12H2,1-4H3. The predicted molar refractivity (Wildman–Crippen MR) is 83.7 cm³/mol. The van der Waals surface area contributed by atoms with Crippen molar-refractivity contribution >= 4 is 9.84 Å². The Bertz CT molecular complexity index is 447. The zero-order chi connectivity index (χ0) is 15.0. The van der Waals surface area contributed by atoms with Crippen LogP contribution in [0, 0.1) is 5.92 Å². The molecule has 0 aromatic heterocycles. The fourth-order valence-electron chi connectivity index (χ4n) is 3.36. The van der Waals surface area contributed by atoms with Crippen molar-refractivity contribution in [1.29, 1.82) is 0 Å². The molecule has 1 N–H and O–H groups in total. The summed E-state index contributed by atoms with van der Waals surface area (Å²) in [6.07, 6.45) is 5.84. The van der Waals surface area contributed by atoms with Crippen LogP contribution in [0.1, 0.15) is 46.5 Å². The topological polar surface area (TPSA) is 49.4 Å². The van der Waals surface area contributed by atoms with Crippen LogP contribution in [0.3, 0.4) is 0 Å². The van der Waals surface area contributed by atoms with Crippen molar-refractivity contribution in [2.24, 2.45) is 5.92 Å². The minimum absolute atomic E-state index is 0.166. The lowest BCUT2D eigenvalue weighted by Crippen LogP contribution is -2.69. The average Bonchev–Trinajstić information content (AvgIpc) is 3.17. The van der Waals surface area contributed by atoms with E-state index >= 15 is 0 Å². The molecule has 2 aliphatic rings.